The van der Waals surface area contributed by atoms with E-state index in [0.29, 0.717) is 23.4 Å². The number of nitrogens with zero attached hydrogens (tertiary/aromatic N) is 5. The van der Waals surface area contributed by atoms with Gasteiger partial charge in [-0.15, -0.1) is 0 Å². The number of ether oxygens (including phenoxy) is 1. The van der Waals surface area contributed by atoms with Gasteiger partial charge in [0.1, 0.15) is 5.60 Å². The van der Waals surface area contributed by atoms with E-state index in [1.807, 2.05) is 77.1 Å². The fraction of sp³-hybridized carbons (Fsp3) is 0.375. The summed E-state index contributed by atoms with van der Waals surface area (Å²) in [6.45, 7) is 12.4. The van der Waals surface area contributed by atoms with E-state index in [0.717, 1.165) is 42.1 Å². The van der Waals surface area contributed by atoms with E-state index in [4.69, 9.17) is 4.74 Å². The van der Waals surface area contributed by atoms with Crippen molar-refractivity contribution >= 4 is 17.7 Å². The van der Waals surface area contributed by atoms with E-state index in [2.05, 4.69) is 16.0 Å². The molecule has 2 aromatic carbocycles. The first-order valence-electron chi connectivity index (χ1n) is 13.5. The summed E-state index contributed by atoms with van der Waals surface area (Å²) in [7, 11) is 1.76. The highest BCUT2D eigenvalue weighted by molar-refractivity contribution is 6.06. The second-order valence-corrected chi connectivity index (χ2v) is 11.3. The maximum Gasteiger partial charge on any atom is 0.410 e. The van der Waals surface area contributed by atoms with Crippen molar-refractivity contribution in [2.45, 2.75) is 52.8 Å². The Morgan fingerprint density at radius 2 is 1.82 bits per heavy atom. The molecule has 1 aliphatic rings. The van der Waals surface area contributed by atoms with Crippen molar-refractivity contribution in [3.8, 4) is 17.3 Å². The van der Waals surface area contributed by atoms with Crippen LogP contribution in [0.1, 0.15) is 54.9 Å². The van der Waals surface area contributed by atoms with Crippen molar-refractivity contribution in [3.05, 3.63) is 83.0 Å². The summed E-state index contributed by atoms with van der Waals surface area (Å²) < 4.78 is 5.55. The third kappa shape index (κ3) is 6.85. The zero-order chi connectivity index (χ0) is 29.0. The topological polar surface area (TPSA) is 89.8 Å². The molecule has 0 radical (unpaired) electrons. The Morgan fingerprint density at radius 1 is 1.10 bits per heavy atom. The Hall–Kier alpha value is -4.22. The average molecular weight is 540 g/mol. The Bertz CT molecular complexity index is 1420. The smallest absolute Gasteiger partial charge is 0.410 e. The lowest BCUT2D eigenvalue weighted by Gasteiger charge is -2.40. The number of carbonyl (C=O) groups excluding carboxylic acids is 2. The van der Waals surface area contributed by atoms with Gasteiger partial charge >= 0.3 is 6.09 Å². The van der Waals surface area contributed by atoms with Gasteiger partial charge in [0, 0.05) is 50.5 Å². The lowest BCUT2D eigenvalue weighted by molar-refractivity contribution is 0.000550. The first-order valence-corrected chi connectivity index (χ1v) is 13.5. The van der Waals surface area contributed by atoms with E-state index >= 15 is 0 Å². The number of anilines is 1. The number of aromatic nitrogens is 1. The Kier molecular flexibility index (Phi) is 8.55. The van der Waals surface area contributed by atoms with Crippen LogP contribution in [0.4, 0.5) is 10.5 Å². The molecule has 208 valence electrons. The first-order chi connectivity index (χ1) is 18.9. The minimum absolute atomic E-state index is 0.0603. The predicted octanol–water partition coefficient (Wildman–Crippen LogP) is 5.65. The summed E-state index contributed by atoms with van der Waals surface area (Å²) in [5.41, 5.74) is 4.72. The van der Waals surface area contributed by atoms with Gasteiger partial charge in [0.15, 0.2) is 0 Å². The molecular weight excluding hydrogens is 502 g/mol. The number of piperazine rings is 1. The summed E-state index contributed by atoms with van der Waals surface area (Å²) in [6, 6.07) is 21.1. The van der Waals surface area contributed by atoms with Crippen molar-refractivity contribution in [2.75, 3.05) is 31.6 Å². The molecule has 2 heterocycles. The van der Waals surface area contributed by atoms with Crippen LogP contribution in [0.25, 0.3) is 11.3 Å². The van der Waals surface area contributed by atoms with Gasteiger partial charge in [-0.2, -0.15) is 5.26 Å². The maximum absolute atomic E-state index is 13.3. The molecule has 0 spiro atoms. The highest BCUT2D eigenvalue weighted by Gasteiger charge is 2.30. The van der Waals surface area contributed by atoms with Crippen LogP contribution in [0, 0.1) is 18.3 Å². The highest BCUT2D eigenvalue weighted by Crippen LogP contribution is 2.23. The highest BCUT2D eigenvalue weighted by atomic mass is 16.6. The fourth-order valence-electron chi connectivity index (χ4n) is 4.85. The lowest BCUT2D eigenvalue weighted by atomic mass is 10.1. The summed E-state index contributed by atoms with van der Waals surface area (Å²) in [4.78, 5) is 36.2. The molecular formula is C32H37N5O3. The molecule has 1 aromatic heterocycles. The number of rotatable bonds is 5. The normalized spacial score (nSPS) is 15.8. The number of amides is 2. The molecule has 0 bridgehead atoms. The summed E-state index contributed by atoms with van der Waals surface area (Å²) >= 11 is 0. The van der Waals surface area contributed by atoms with Crippen LogP contribution in [0.5, 0.6) is 0 Å². The SMILES string of the molecule is Cc1nc(-c2cccc(C#N)c2)ccc1C(=O)N(C)c1ccc(CN2CCN(C(=O)OC(C)(C)C)[C@@H](C)C2)cc1. The zero-order valence-corrected chi connectivity index (χ0v) is 24.1. The van der Waals surface area contributed by atoms with Crippen LogP contribution in [0.2, 0.25) is 0 Å². The first kappa shape index (κ1) is 28.8. The number of hydrogen-bond acceptors (Lipinski definition) is 6. The van der Waals surface area contributed by atoms with Crippen LogP contribution < -0.4 is 4.90 Å². The molecule has 1 aliphatic heterocycles. The fourth-order valence-corrected chi connectivity index (χ4v) is 4.85. The predicted molar refractivity (Wildman–Crippen MR) is 156 cm³/mol. The second kappa shape index (κ2) is 11.9. The van der Waals surface area contributed by atoms with Crippen molar-refractivity contribution in [2.24, 2.45) is 0 Å². The molecule has 1 atom stereocenters. The van der Waals surface area contributed by atoms with E-state index in [-0.39, 0.29) is 18.0 Å². The molecule has 40 heavy (non-hydrogen) atoms. The molecule has 4 rings (SSSR count). The van der Waals surface area contributed by atoms with Gasteiger partial charge in [-0.25, -0.2) is 4.79 Å². The van der Waals surface area contributed by atoms with E-state index < -0.39 is 5.60 Å². The van der Waals surface area contributed by atoms with Gasteiger partial charge in [0.25, 0.3) is 5.91 Å². The van der Waals surface area contributed by atoms with Crippen LogP contribution in [0.3, 0.4) is 0 Å². The molecule has 0 saturated carbocycles. The minimum Gasteiger partial charge on any atom is -0.444 e. The van der Waals surface area contributed by atoms with Crippen molar-refractivity contribution in [1.29, 1.82) is 5.26 Å². The third-order valence-electron chi connectivity index (χ3n) is 6.98. The van der Waals surface area contributed by atoms with Crippen molar-refractivity contribution in [1.82, 2.24) is 14.8 Å². The standard InChI is InChI=1S/C32H37N5O3/c1-22-20-36(16-17-37(22)31(39)40-32(3,4)5)21-24-10-12-27(13-11-24)35(6)30(38)28-14-15-29(34-23(28)2)26-9-7-8-25(18-26)19-33/h7-15,18,22H,16-17,20-21H2,1-6H3/t22-/m0/s1. The molecule has 3 aromatic rings. The number of carbonyl (C=O) groups is 2. The van der Waals surface area contributed by atoms with Crippen LogP contribution in [0.15, 0.2) is 60.7 Å². The van der Waals surface area contributed by atoms with Gasteiger partial charge < -0.3 is 14.5 Å². The van der Waals surface area contributed by atoms with Crippen molar-refractivity contribution in [3.63, 3.8) is 0 Å². The molecule has 2 amide bonds. The molecule has 0 aliphatic carbocycles. The van der Waals surface area contributed by atoms with Gasteiger partial charge in [-0.1, -0.05) is 24.3 Å². The lowest BCUT2D eigenvalue weighted by Crippen LogP contribution is -2.54. The molecule has 8 heteroatoms. The maximum atomic E-state index is 13.3. The number of pyridine rings is 1. The minimum atomic E-state index is -0.506. The number of benzene rings is 2. The molecule has 1 saturated heterocycles. The van der Waals surface area contributed by atoms with Gasteiger partial charge in [0.2, 0.25) is 0 Å². The number of aryl methyl sites for hydroxylation is 1. The average Bonchev–Trinajstić information content (AvgIpc) is 2.91. The molecule has 0 N–H and O–H groups in total. The Morgan fingerprint density at radius 3 is 2.45 bits per heavy atom. The van der Waals surface area contributed by atoms with Crippen LogP contribution in [-0.4, -0.2) is 65.1 Å². The second-order valence-electron chi connectivity index (χ2n) is 11.3. The van der Waals surface area contributed by atoms with Gasteiger partial charge in [-0.05, 0) is 76.6 Å². The van der Waals surface area contributed by atoms with Crippen molar-refractivity contribution < 1.29 is 14.3 Å². The number of hydrogen-bond donors (Lipinski definition) is 0. The van der Waals surface area contributed by atoms with E-state index in [9.17, 15) is 14.9 Å². The Balaban J connectivity index is 1.37. The quantitative estimate of drug-likeness (QED) is 0.416. The summed E-state index contributed by atoms with van der Waals surface area (Å²) in [5.74, 6) is -0.137. The molecule has 8 nitrogen and oxygen atoms in total. The Labute approximate surface area is 236 Å². The third-order valence-corrected chi connectivity index (χ3v) is 6.98. The monoisotopic (exact) mass is 539 g/mol. The van der Waals surface area contributed by atoms with E-state index in [1.54, 1.807) is 35.0 Å². The summed E-state index contributed by atoms with van der Waals surface area (Å²) in [5, 5.41) is 9.18. The van der Waals surface area contributed by atoms with Crippen LogP contribution in [-0.2, 0) is 11.3 Å². The van der Waals surface area contributed by atoms with E-state index in [1.165, 1.54) is 0 Å². The number of nitriles is 1. The van der Waals surface area contributed by atoms with Gasteiger partial charge in [0.05, 0.1) is 28.6 Å². The molecule has 1 fully saturated rings. The molecule has 0 unspecified atom stereocenters. The largest absolute Gasteiger partial charge is 0.444 e. The zero-order valence-electron chi connectivity index (χ0n) is 24.1. The van der Waals surface area contributed by atoms with Gasteiger partial charge in [-0.3, -0.25) is 14.7 Å². The van der Waals surface area contributed by atoms with Crippen LogP contribution >= 0.6 is 0 Å². The summed E-state index contributed by atoms with van der Waals surface area (Å²) in [6.07, 6.45) is -0.259.